The summed E-state index contributed by atoms with van der Waals surface area (Å²) in [5.41, 5.74) is 4.28. The molecule has 2 aromatic carbocycles. The molecule has 0 saturated heterocycles. The Morgan fingerprint density at radius 2 is 1.52 bits per heavy atom. The average Bonchev–Trinajstić information content (AvgIpc) is 2.64. The van der Waals surface area contributed by atoms with Gasteiger partial charge in [0.15, 0.2) is 6.04 Å². The lowest BCUT2D eigenvalue weighted by atomic mass is 10.1. The molecule has 2 N–H and O–H groups in total. The summed E-state index contributed by atoms with van der Waals surface area (Å²) in [5, 5.41) is 2.83. The predicted octanol–water partition coefficient (Wildman–Crippen LogP) is 1.80. The molecule has 0 aliphatic carbocycles. The van der Waals surface area contributed by atoms with E-state index in [1.165, 1.54) is 16.0 Å². The summed E-state index contributed by atoms with van der Waals surface area (Å²) in [4.78, 5) is 27.5. The Morgan fingerprint density at radius 3 is 2.07 bits per heavy atom. The number of rotatable bonds is 7. The largest absolute Gasteiger partial charge is 0.331 e. The molecule has 2 rings (SSSR count). The highest BCUT2D eigenvalue weighted by Gasteiger charge is 2.26. The molecule has 0 radical (unpaired) electrons. The van der Waals surface area contributed by atoms with Crippen molar-refractivity contribution in [2.24, 2.45) is 0 Å². The van der Waals surface area contributed by atoms with Gasteiger partial charge in [-0.2, -0.15) is 0 Å². The summed E-state index contributed by atoms with van der Waals surface area (Å²) in [6.07, 6.45) is 0. The zero-order chi connectivity index (χ0) is 20.0. The van der Waals surface area contributed by atoms with Crippen LogP contribution >= 0.6 is 0 Å². The maximum Gasteiger partial charge on any atom is 0.280 e. The molecule has 0 aromatic heterocycles. The minimum Gasteiger partial charge on any atom is -0.331 e. The van der Waals surface area contributed by atoms with E-state index < -0.39 is 0 Å². The topological polar surface area (TPSA) is 53.9 Å². The van der Waals surface area contributed by atoms with Gasteiger partial charge in [-0.15, -0.1) is 0 Å². The molecule has 2 amide bonds. The van der Waals surface area contributed by atoms with Crippen molar-refractivity contribution in [1.82, 2.24) is 4.90 Å². The maximum atomic E-state index is 12.7. The van der Waals surface area contributed by atoms with E-state index in [1.807, 2.05) is 45.2 Å². The number of nitrogens with one attached hydrogen (secondary N) is 2. The lowest BCUT2D eigenvalue weighted by Gasteiger charge is -2.25. The highest BCUT2D eigenvalue weighted by molar-refractivity contribution is 5.94. The van der Waals surface area contributed by atoms with Crippen molar-refractivity contribution in [3.8, 4) is 0 Å². The molecule has 2 aromatic rings. The molecule has 0 aliphatic rings. The second-order valence-electron chi connectivity index (χ2n) is 7.34. The van der Waals surface area contributed by atoms with Gasteiger partial charge in [-0.1, -0.05) is 47.5 Å². The van der Waals surface area contributed by atoms with Gasteiger partial charge >= 0.3 is 0 Å². The summed E-state index contributed by atoms with van der Waals surface area (Å²) < 4.78 is 0. The quantitative estimate of drug-likeness (QED) is 0.783. The van der Waals surface area contributed by atoms with Gasteiger partial charge in [-0.3, -0.25) is 9.59 Å². The first-order valence-corrected chi connectivity index (χ1v) is 9.25. The Hall–Kier alpha value is -2.66. The number of quaternary nitrogens is 1. The minimum absolute atomic E-state index is 0.0366. The molecule has 0 heterocycles. The van der Waals surface area contributed by atoms with Gasteiger partial charge in [0.2, 0.25) is 5.91 Å². The first kappa shape index (κ1) is 20.6. The lowest BCUT2D eigenvalue weighted by molar-refractivity contribution is -0.908. The van der Waals surface area contributed by atoms with Crippen molar-refractivity contribution in [3.63, 3.8) is 0 Å². The summed E-state index contributed by atoms with van der Waals surface area (Å²) in [6, 6.07) is 15.7. The van der Waals surface area contributed by atoms with Gasteiger partial charge in [-0.05, 0) is 32.9 Å². The molecular formula is C22H30N3O2+. The highest BCUT2D eigenvalue weighted by Crippen LogP contribution is 2.08. The zero-order valence-electron chi connectivity index (χ0n) is 16.9. The smallest absolute Gasteiger partial charge is 0.280 e. The fraction of sp³-hybridized carbons (Fsp3) is 0.364. The van der Waals surface area contributed by atoms with E-state index in [9.17, 15) is 9.59 Å². The minimum atomic E-state index is -0.233. The van der Waals surface area contributed by atoms with Gasteiger partial charge in [-0.25, -0.2) is 0 Å². The molecule has 27 heavy (non-hydrogen) atoms. The van der Waals surface area contributed by atoms with E-state index in [0.29, 0.717) is 0 Å². The fourth-order valence-electron chi connectivity index (χ4n) is 2.85. The Labute approximate surface area is 162 Å². The summed E-state index contributed by atoms with van der Waals surface area (Å²) in [6.45, 7) is 6.75. The van der Waals surface area contributed by atoms with Gasteiger partial charge < -0.3 is 15.1 Å². The van der Waals surface area contributed by atoms with Crippen LogP contribution < -0.4 is 10.2 Å². The first-order valence-electron chi connectivity index (χ1n) is 9.25. The van der Waals surface area contributed by atoms with Crippen LogP contribution in [0.1, 0.15) is 23.6 Å². The Morgan fingerprint density at radius 1 is 1.00 bits per heavy atom. The van der Waals surface area contributed by atoms with Gasteiger partial charge in [0.25, 0.3) is 5.91 Å². The predicted molar refractivity (Wildman–Crippen MR) is 109 cm³/mol. The van der Waals surface area contributed by atoms with Crippen LogP contribution in [-0.4, -0.2) is 43.4 Å². The number of carbonyl (C=O) groups is 2. The second kappa shape index (κ2) is 9.33. The van der Waals surface area contributed by atoms with Gasteiger partial charge in [0.1, 0.15) is 6.54 Å². The summed E-state index contributed by atoms with van der Waals surface area (Å²) >= 11 is 0. The molecule has 144 valence electrons. The Balaban J connectivity index is 1.87. The van der Waals surface area contributed by atoms with E-state index in [0.717, 1.165) is 22.7 Å². The SMILES string of the molecule is Cc1ccc(C[NH+](C)[C@@H](C)C(=O)N(C)CC(=O)Nc2ccc(C)cc2)cc1. The molecule has 5 heteroatoms. The number of hydrogen-bond donors (Lipinski definition) is 2. The van der Waals surface area contributed by atoms with Gasteiger partial charge in [0.05, 0.1) is 13.6 Å². The number of likely N-dealkylation sites (N-methyl/N-ethyl adjacent to an activating group) is 2. The number of aryl methyl sites for hydroxylation is 2. The van der Waals surface area contributed by atoms with Crippen LogP contribution in [0, 0.1) is 13.8 Å². The molecule has 2 atom stereocenters. The maximum absolute atomic E-state index is 12.7. The first-order chi connectivity index (χ1) is 12.8. The Bertz CT molecular complexity index is 769. The van der Waals surface area contributed by atoms with Crippen molar-refractivity contribution in [3.05, 3.63) is 65.2 Å². The number of hydrogen-bond acceptors (Lipinski definition) is 2. The average molecular weight is 369 g/mol. The van der Waals surface area contributed by atoms with Crippen molar-refractivity contribution >= 4 is 17.5 Å². The summed E-state index contributed by atoms with van der Waals surface area (Å²) in [7, 11) is 3.68. The standard InChI is InChI=1S/C22H29N3O2/c1-16-6-10-19(11-7-16)14-24(4)18(3)22(27)25(5)15-21(26)23-20-12-8-17(2)9-13-20/h6-13,18H,14-15H2,1-5H3,(H,23,26)/p+1/t18-/m0/s1. The van der Waals surface area contributed by atoms with Crippen LogP contribution in [0.25, 0.3) is 0 Å². The molecule has 5 nitrogen and oxygen atoms in total. The normalized spacial score (nSPS) is 12.9. The number of carbonyl (C=O) groups excluding carboxylic acids is 2. The number of nitrogens with zero attached hydrogens (tertiary/aromatic N) is 1. The van der Waals surface area contributed by atoms with Crippen LogP contribution in [0.4, 0.5) is 5.69 Å². The van der Waals surface area contributed by atoms with Gasteiger partial charge in [0, 0.05) is 18.3 Å². The van der Waals surface area contributed by atoms with E-state index in [4.69, 9.17) is 0 Å². The molecule has 1 unspecified atom stereocenters. The molecule has 0 fully saturated rings. The van der Waals surface area contributed by atoms with Crippen molar-refractivity contribution in [2.75, 3.05) is 26.0 Å². The van der Waals surface area contributed by atoms with Crippen LogP contribution in [0.3, 0.4) is 0 Å². The third-order valence-electron chi connectivity index (χ3n) is 4.81. The van der Waals surface area contributed by atoms with Crippen LogP contribution in [0.2, 0.25) is 0 Å². The Kier molecular flexibility index (Phi) is 7.13. The third-order valence-corrected chi connectivity index (χ3v) is 4.81. The second-order valence-corrected chi connectivity index (χ2v) is 7.34. The van der Waals surface area contributed by atoms with Crippen LogP contribution in [-0.2, 0) is 16.1 Å². The molecule has 0 saturated carbocycles. The molecular weight excluding hydrogens is 338 g/mol. The number of anilines is 1. The number of amides is 2. The lowest BCUT2D eigenvalue weighted by Crippen LogP contribution is -3.12. The summed E-state index contributed by atoms with van der Waals surface area (Å²) in [5.74, 6) is -0.239. The molecule has 0 aliphatic heterocycles. The van der Waals surface area contributed by atoms with Crippen molar-refractivity contribution in [2.45, 2.75) is 33.4 Å². The van der Waals surface area contributed by atoms with Crippen molar-refractivity contribution < 1.29 is 14.5 Å². The number of benzene rings is 2. The van der Waals surface area contributed by atoms with Crippen molar-refractivity contribution in [1.29, 1.82) is 0 Å². The highest BCUT2D eigenvalue weighted by atomic mass is 16.2. The molecule has 0 bridgehead atoms. The monoisotopic (exact) mass is 368 g/mol. The van der Waals surface area contributed by atoms with E-state index in [1.54, 1.807) is 7.05 Å². The van der Waals surface area contributed by atoms with Crippen LogP contribution in [0.15, 0.2) is 48.5 Å². The van der Waals surface area contributed by atoms with E-state index in [2.05, 4.69) is 36.5 Å². The molecule has 0 spiro atoms. The van der Waals surface area contributed by atoms with E-state index >= 15 is 0 Å². The van der Waals surface area contributed by atoms with Crippen LogP contribution in [0.5, 0.6) is 0 Å². The van der Waals surface area contributed by atoms with E-state index in [-0.39, 0.29) is 24.4 Å². The zero-order valence-corrected chi connectivity index (χ0v) is 16.9. The third kappa shape index (κ3) is 6.22. The fourth-order valence-corrected chi connectivity index (χ4v) is 2.85.